The van der Waals surface area contributed by atoms with Crippen molar-refractivity contribution in [2.75, 3.05) is 25.2 Å². The first-order valence-corrected chi connectivity index (χ1v) is 8.38. The molecule has 0 spiro atoms. The van der Waals surface area contributed by atoms with Crippen LogP contribution in [0.5, 0.6) is 0 Å². The summed E-state index contributed by atoms with van der Waals surface area (Å²) in [6, 6.07) is 10.2. The van der Waals surface area contributed by atoms with Gasteiger partial charge in [-0.1, -0.05) is 36.3 Å². The number of anilines is 2. The zero-order valence-corrected chi connectivity index (χ0v) is 15.8. The number of ether oxygens (including phenoxy) is 1. The van der Waals surface area contributed by atoms with E-state index in [2.05, 4.69) is 43.2 Å². The number of benzene rings is 1. The van der Waals surface area contributed by atoms with E-state index in [-0.39, 0.29) is 5.95 Å². The van der Waals surface area contributed by atoms with Gasteiger partial charge in [-0.05, 0) is 25.6 Å². The van der Waals surface area contributed by atoms with Crippen molar-refractivity contribution in [3.8, 4) is 12.3 Å². The van der Waals surface area contributed by atoms with Gasteiger partial charge in [0.25, 0.3) is 0 Å². The van der Waals surface area contributed by atoms with Crippen LogP contribution in [-0.2, 0) is 17.8 Å². The summed E-state index contributed by atoms with van der Waals surface area (Å²) in [6.45, 7) is 3.11. The predicted molar refractivity (Wildman–Crippen MR) is 107 cm³/mol. The van der Waals surface area contributed by atoms with Gasteiger partial charge in [0.15, 0.2) is 0 Å². The van der Waals surface area contributed by atoms with Crippen molar-refractivity contribution in [1.82, 2.24) is 19.9 Å². The molecule has 3 N–H and O–H groups in total. The molecule has 0 amide bonds. The molecular weight excluding hydrogens is 340 g/mol. The van der Waals surface area contributed by atoms with Crippen molar-refractivity contribution in [3.63, 3.8) is 0 Å². The highest BCUT2D eigenvalue weighted by Crippen LogP contribution is 2.11. The fourth-order valence-electron chi connectivity index (χ4n) is 2.37. The summed E-state index contributed by atoms with van der Waals surface area (Å²) < 4.78 is 5.15. The predicted octanol–water partition coefficient (Wildman–Crippen LogP) is 2.57. The van der Waals surface area contributed by atoms with E-state index in [1.807, 2.05) is 32.2 Å². The Morgan fingerprint density at radius 1 is 1.26 bits per heavy atom. The summed E-state index contributed by atoms with van der Waals surface area (Å²) in [4.78, 5) is 14.9. The molecule has 0 atom stereocenters. The number of nitrogens with two attached hydrogens (primary N) is 1. The quantitative estimate of drug-likeness (QED) is 0.423. The minimum Gasteiger partial charge on any atom is -0.501 e. The van der Waals surface area contributed by atoms with E-state index in [4.69, 9.17) is 16.9 Å². The summed E-state index contributed by atoms with van der Waals surface area (Å²) in [5.41, 5.74) is 7.67. The van der Waals surface area contributed by atoms with Crippen molar-refractivity contribution in [2.24, 2.45) is 0 Å². The van der Waals surface area contributed by atoms with Gasteiger partial charge in [0.05, 0.1) is 25.1 Å². The number of hydrogen-bond donors (Lipinski definition) is 2. The van der Waals surface area contributed by atoms with Crippen molar-refractivity contribution >= 4 is 11.9 Å². The molecule has 27 heavy (non-hydrogen) atoms. The number of aromatic nitrogens is 3. The number of terminal acetylenes is 1. The standard InChI is InChI=1S/C20H24N6O/c1-5-9-17(12-15(2)27-4)22-20-24-18(23-19(21)25-20)14-26(3)13-16-10-7-6-8-11-16/h1,6-12H,13-14H2,2-4H3,(H3,21,22,23,24,25)/b15-12+,17-9+. The van der Waals surface area contributed by atoms with Crippen LogP contribution in [0.25, 0.3) is 0 Å². The molecule has 2 rings (SSSR count). The molecule has 1 aromatic carbocycles. The monoisotopic (exact) mass is 364 g/mol. The van der Waals surface area contributed by atoms with E-state index in [1.54, 1.807) is 19.3 Å². The highest BCUT2D eigenvalue weighted by molar-refractivity contribution is 5.44. The lowest BCUT2D eigenvalue weighted by Gasteiger charge is -2.16. The highest BCUT2D eigenvalue weighted by Gasteiger charge is 2.09. The minimum absolute atomic E-state index is 0.142. The second-order valence-corrected chi connectivity index (χ2v) is 5.94. The molecule has 0 radical (unpaired) electrons. The fourth-order valence-corrected chi connectivity index (χ4v) is 2.37. The lowest BCUT2D eigenvalue weighted by Crippen LogP contribution is -2.20. The molecule has 0 aliphatic carbocycles. The topological polar surface area (TPSA) is 89.2 Å². The summed E-state index contributed by atoms with van der Waals surface area (Å²) in [6.07, 6.45) is 8.69. The van der Waals surface area contributed by atoms with Crippen LogP contribution in [-0.4, -0.2) is 34.0 Å². The van der Waals surface area contributed by atoms with E-state index in [0.717, 1.165) is 6.54 Å². The van der Waals surface area contributed by atoms with E-state index in [9.17, 15) is 0 Å². The van der Waals surface area contributed by atoms with Crippen LogP contribution in [0.1, 0.15) is 18.3 Å². The first kappa shape index (κ1) is 19.9. The van der Waals surface area contributed by atoms with E-state index in [1.165, 1.54) is 5.56 Å². The van der Waals surface area contributed by atoms with E-state index < -0.39 is 0 Å². The number of nitrogens with zero attached hydrogens (tertiary/aromatic N) is 4. The van der Waals surface area contributed by atoms with Crippen molar-refractivity contribution in [1.29, 1.82) is 0 Å². The highest BCUT2D eigenvalue weighted by atomic mass is 16.5. The minimum atomic E-state index is 0.142. The van der Waals surface area contributed by atoms with E-state index >= 15 is 0 Å². The molecule has 2 aromatic rings. The molecule has 0 fully saturated rings. The number of hydrogen-bond acceptors (Lipinski definition) is 7. The Kier molecular flexibility index (Phi) is 7.35. The van der Waals surface area contributed by atoms with Gasteiger partial charge >= 0.3 is 0 Å². The van der Waals surface area contributed by atoms with E-state index in [0.29, 0.717) is 29.8 Å². The Hall–Kier alpha value is -3.37. The van der Waals surface area contributed by atoms with Crippen LogP contribution >= 0.6 is 0 Å². The number of allylic oxidation sites excluding steroid dienone is 3. The molecule has 0 aliphatic rings. The average molecular weight is 364 g/mol. The van der Waals surface area contributed by atoms with Gasteiger partial charge in [0.1, 0.15) is 5.82 Å². The third-order valence-corrected chi connectivity index (χ3v) is 3.58. The lowest BCUT2D eigenvalue weighted by atomic mass is 10.2. The number of methoxy groups -OCH3 is 1. The Labute approximate surface area is 160 Å². The van der Waals surface area contributed by atoms with Gasteiger partial charge in [0.2, 0.25) is 11.9 Å². The second kappa shape index (κ2) is 9.94. The Bertz CT molecular complexity index is 855. The van der Waals surface area contributed by atoms with Crippen LogP contribution in [0.4, 0.5) is 11.9 Å². The third-order valence-electron chi connectivity index (χ3n) is 3.58. The van der Waals surface area contributed by atoms with Gasteiger partial charge < -0.3 is 15.8 Å². The normalized spacial score (nSPS) is 12.0. The maximum Gasteiger partial charge on any atom is 0.232 e. The summed E-state index contributed by atoms with van der Waals surface area (Å²) in [5.74, 6) is 4.19. The molecule has 0 aliphatic heterocycles. The first-order valence-electron chi connectivity index (χ1n) is 8.38. The summed E-state index contributed by atoms with van der Waals surface area (Å²) in [5, 5.41) is 3.05. The Morgan fingerprint density at radius 3 is 2.67 bits per heavy atom. The largest absolute Gasteiger partial charge is 0.501 e. The van der Waals surface area contributed by atoms with Gasteiger partial charge in [-0.25, -0.2) is 0 Å². The van der Waals surface area contributed by atoms with Gasteiger partial charge in [-0.3, -0.25) is 4.90 Å². The zero-order chi connectivity index (χ0) is 19.6. The van der Waals surface area contributed by atoms with Crippen LogP contribution < -0.4 is 11.1 Å². The molecule has 7 heteroatoms. The third kappa shape index (κ3) is 6.80. The maximum atomic E-state index is 5.84. The van der Waals surface area contributed by atoms with Crippen molar-refractivity contribution in [3.05, 3.63) is 65.3 Å². The van der Waals surface area contributed by atoms with Gasteiger partial charge in [-0.2, -0.15) is 15.0 Å². The molecule has 7 nitrogen and oxygen atoms in total. The lowest BCUT2D eigenvalue weighted by molar-refractivity contribution is 0.293. The van der Waals surface area contributed by atoms with Crippen LogP contribution in [0.2, 0.25) is 0 Å². The number of nitrogen functional groups attached to an aromatic ring is 1. The van der Waals surface area contributed by atoms with Crippen LogP contribution in [0.3, 0.4) is 0 Å². The van der Waals surface area contributed by atoms with Crippen LogP contribution in [0, 0.1) is 12.3 Å². The van der Waals surface area contributed by atoms with Crippen molar-refractivity contribution < 1.29 is 4.74 Å². The average Bonchev–Trinajstić information content (AvgIpc) is 2.62. The molecule has 1 aromatic heterocycles. The molecule has 0 saturated heterocycles. The Balaban J connectivity index is 2.13. The van der Waals surface area contributed by atoms with Gasteiger partial charge in [-0.15, -0.1) is 6.42 Å². The zero-order valence-electron chi connectivity index (χ0n) is 15.8. The summed E-state index contributed by atoms with van der Waals surface area (Å²) in [7, 11) is 3.58. The molecule has 1 heterocycles. The molecule has 0 saturated carbocycles. The van der Waals surface area contributed by atoms with Crippen molar-refractivity contribution in [2.45, 2.75) is 20.0 Å². The van der Waals surface area contributed by atoms with Gasteiger partial charge in [0, 0.05) is 12.6 Å². The number of rotatable bonds is 8. The maximum absolute atomic E-state index is 5.84. The SMILES string of the molecule is C#C/C=C(\C=C(/C)OC)Nc1nc(N)nc(CN(C)Cc2ccccc2)n1. The van der Waals surface area contributed by atoms with Crippen LogP contribution in [0.15, 0.2) is 53.9 Å². The molecular formula is C20H24N6O. The Morgan fingerprint density at radius 2 is 2.00 bits per heavy atom. The number of nitrogens with one attached hydrogen (secondary N) is 1. The smallest absolute Gasteiger partial charge is 0.232 e. The molecule has 0 bridgehead atoms. The first-order chi connectivity index (χ1) is 13.0. The fraction of sp³-hybridized carbons (Fsp3) is 0.250. The molecule has 0 unspecified atom stereocenters. The second-order valence-electron chi connectivity index (χ2n) is 5.94. The summed E-state index contributed by atoms with van der Waals surface area (Å²) >= 11 is 0. The molecule has 140 valence electrons.